The summed E-state index contributed by atoms with van der Waals surface area (Å²) in [7, 11) is 0. The molecule has 29 heavy (non-hydrogen) atoms. The van der Waals surface area contributed by atoms with Crippen molar-refractivity contribution in [1.29, 1.82) is 0 Å². The molecule has 0 fully saturated rings. The van der Waals surface area contributed by atoms with Gasteiger partial charge in [-0.25, -0.2) is 0 Å². The van der Waals surface area contributed by atoms with Gasteiger partial charge in [0.1, 0.15) is 0 Å². The number of halogens is 3. The highest BCUT2D eigenvalue weighted by Gasteiger charge is 2.60. The van der Waals surface area contributed by atoms with Crippen LogP contribution in [0.1, 0.15) is 11.1 Å². The lowest BCUT2D eigenvalue weighted by molar-refractivity contribution is -0.137. The lowest BCUT2D eigenvalue weighted by atomic mass is 10.00. The number of benzene rings is 3. The fraction of sp³-hybridized carbons (Fsp3) is 0.0476. The van der Waals surface area contributed by atoms with Gasteiger partial charge in [-0.2, -0.15) is 0 Å². The highest BCUT2D eigenvalue weighted by atomic mass is 35.5. The maximum atomic E-state index is 13.2. The number of carbonyl (C=O) groups excluding carboxylic acids is 1. The average Bonchev–Trinajstić information content (AvgIpc) is 3.22. The highest BCUT2D eigenvalue weighted by molar-refractivity contribution is 6.32. The lowest BCUT2D eigenvalue weighted by Crippen LogP contribution is -2.51. The second kappa shape index (κ2) is 6.66. The van der Waals surface area contributed by atoms with Crippen LogP contribution in [0.25, 0.3) is 0 Å². The van der Waals surface area contributed by atoms with Gasteiger partial charge in [0.05, 0.1) is 11.3 Å². The molecule has 0 saturated carbocycles. The minimum absolute atomic E-state index is 0.373. The van der Waals surface area contributed by atoms with E-state index in [2.05, 4.69) is 10.5 Å². The first-order valence-corrected chi connectivity index (χ1v) is 9.82. The van der Waals surface area contributed by atoms with Crippen molar-refractivity contribution in [3.05, 3.63) is 92.9 Å². The van der Waals surface area contributed by atoms with Crippen molar-refractivity contribution in [2.45, 2.75) is 5.72 Å². The number of carbonyl (C=O) groups is 1. The summed E-state index contributed by atoms with van der Waals surface area (Å²) in [5.41, 5.74) is 1.06. The first-order valence-electron chi connectivity index (χ1n) is 8.68. The monoisotopic (exact) mass is 443 g/mol. The molecular formula is C21H12Cl3N3O2. The number of oxime groups is 1. The van der Waals surface area contributed by atoms with Gasteiger partial charge in [0.15, 0.2) is 5.84 Å². The molecule has 3 aromatic carbocycles. The molecule has 0 bridgehead atoms. The van der Waals surface area contributed by atoms with Crippen LogP contribution in [0.15, 0.2) is 71.9 Å². The molecule has 0 radical (unpaired) electrons. The number of anilines is 2. The van der Waals surface area contributed by atoms with Crippen LogP contribution in [0.4, 0.5) is 11.4 Å². The van der Waals surface area contributed by atoms with Gasteiger partial charge in [0.25, 0.3) is 5.91 Å². The number of nitrogens with zero attached hydrogens (tertiary/aromatic N) is 2. The molecule has 144 valence electrons. The van der Waals surface area contributed by atoms with Gasteiger partial charge < -0.3 is 10.2 Å². The Balaban J connectivity index is 1.73. The molecular weight excluding hydrogens is 433 g/mol. The number of nitrogens with one attached hydrogen (secondary N) is 1. The van der Waals surface area contributed by atoms with E-state index in [0.29, 0.717) is 37.8 Å². The van der Waals surface area contributed by atoms with Crippen LogP contribution >= 0.6 is 34.8 Å². The third-order valence-corrected chi connectivity index (χ3v) is 5.58. The molecule has 0 aliphatic carbocycles. The number of fused-ring (bicyclic) bond motifs is 2. The second-order valence-corrected chi connectivity index (χ2v) is 7.93. The summed E-state index contributed by atoms with van der Waals surface area (Å²) in [6.45, 7) is 0. The van der Waals surface area contributed by atoms with E-state index in [1.807, 2.05) is 18.2 Å². The zero-order valence-corrected chi connectivity index (χ0v) is 17.0. The summed E-state index contributed by atoms with van der Waals surface area (Å²) in [5.74, 6) is 0.0874. The fourth-order valence-electron chi connectivity index (χ4n) is 3.60. The van der Waals surface area contributed by atoms with Crippen molar-refractivity contribution in [3.63, 3.8) is 0 Å². The van der Waals surface area contributed by atoms with E-state index in [-0.39, 0.29) is 5.91 Å². The second-order valence-electron chi connectivity index (χ2n) is 6.62. The summed E-state index contributed by atoms with van der Waals surface area (Å²) in [6, 6.07) is 19.5. The van der Waals surface area contributed by atoms with E-state index in [0.717, 1.165) is 5.56 Å². The Morgan fingerprint density at radius 1 is 0.897 bits per heavy atom. The maximum absolute atomic E-state index is 13.2. The Kier molecular flexibility index (Phi) is 4.21. The van der Waals surface area contributed by atoms with E-state index in [9.17, 15) is 4.79 Å². The third-order valence-electron chi connectivity index (χ3n) is 4.86. The number of hydrogen-bond donors (Lipinski definition) is 1. The quantitative estimate of drug-likeness (QED) is 0.556. The largest absolute Gasteiger partial charge is 0.349 e. The molecule has 0 unspecified atom stereocenters. The van der Waals surface area contributed by atoms with E-state index >= 15 is 0 Å². The highest BCUT2D eigenvalue weighted by Crippen LogP contribution is 2.48. The van der Waals surface area contributed by atoms with Gasteiger partial charge in [-0.3, -0.25) is 9.69 Å². The summed E-state index contributed by atoms with van der Waals surface area (Å²) < 4.78 is 0. The smallest absolute Gasteiger partial charge is 0.322 e. The van der Waals surface area contributed by atoms with Gasteiger partial charge in [0.2, 0.25) is 0 Å². The lowest BCUT2D eigenvalue weighted by Gasteiger charge is -2.32. The molecule has 2 aliphatic heterocycles. The zero-order chi connectivity index (χ0) is 20.2. The van der Waals surface area contributed by atoms with Crippen LogP contribution in [-0.4, -0.2) is 11.7 Å². The predicted molar refractivity (Wildman–Crippen MR) is 115 cm³/mol. The summed E-state index contributed by atoms with van der Waals surface area (Å²) in [6.07, 6.45) is 0. The molecule has 8 heteroatoms. The standard InChI is InChI=1S/C21H12Cl3N3O2/c22-13-6-4-12(5-7-13)19-26-29-21(27(19)16-3-1-2-14(23)10-16)17-9-8-15(24)11-18(17)25-20(21)28/h1-11H,(H,25,28)/t21-/m0/s1. The topological polar surface area (TPSA) is 53.9 Å². The van der Waals surface area contributed by atoms with Gasteiger partial charge in [-0.05, 0) is 60.7 Å². The Bertz CT molecular complexity index is 1180. The van der Waals surface area contributed by atoms with Crippen molar-refractivity contribution in [2.24, 2.45) is 5.16 Å². The molecule has 1 spiro atoms. The number of amides is 1. The van der Waals surface area contributed by atoms with Crippen molar-refractivity contribution in [3.8, 4) is 0 Å². The average molecular weight is 445 g/mol. The van der Waals surface area contributed by atoms with Gasteiger partial charge in [0, 0.05) is 26.3 Å². The van der Waals surface area contributed by atoms with Gasteiger partial charge in [-0.1, -0.05) is 46.0 Å². The molecule has 1 N–H and O–H groups in total. The molecule has 2 heterocycles. The Hall–Kier alpha value is -2.73. The summed E-state index contributed by atoms with van der Waals surface area (Å²) in [4.78, 5) is 20.8. The number of rotatable bonds is 2. The maximum Gasteiger partial charge on any atom is 0.322 e. The minimum Gasteiger partial charge on any atom is -0.349 e. The Morgan fingerprint density at radius 3 is 2.38 bits per heavy atom. The SMILES string of the molecule is O=C1Nc2cc(Cl)ccc2[C@]12ON=C(c1ccc(Cl)cc1)N2c1cccc(Cl)c1. The first kappa shape index (κ1) is 18.3. The number of amidine groups is 1. The molecule has 2 aliphatic rings. The van der Waals surface area contributed by atoms with Crippen LogP contribution in [0.3, 0.4) is 0 Å². The van der Waals surface area contributed by atoms with Gasteiger partial charge in [-0.15, -0.1) is 0 Å². The molecule has 5 nitrogen and oxygen atoms in total. The Labute approximate surface area is 181 Å². The predicted octanol–water partition coefficient (Wildman–Crippen LogP) is 5.65. The molecule has 1 amide bonds. The fourth-order valence-corrected chi connectivity index (χ4v) is 4.08. The van der Waals surface area contributed by atoms with E-state index in [1.165, 1.54) is 0 Å². The normalized spacial score (nSPS) is 19.8. The van der Waals surface area contributed by atoms with E-state index < -0.39 is 5.72 Å². The zero-order valence-electron chi connectivity index (χ0n) is 14.7. The first-order chi connectivity index (χ1) is 14.0. The van der Waals surface area contributed by atoms with Crippen molar-refractivity contribution in [1.82, 2.24) is 0 Å². The molecule has 5 rings (SSSR count). The van der Waals surface area contributed by atoms with Crippen molar-refractivity contribution >= 4 is 57.9 Å². The van der Waals surface area contributed by atoms with Crippen LogP contribution in [0.2, 0.25) is 15.1 Å². The minimum atomic E-state index is -1.51. The molecule has 0 aromatic heterocycles. The summed E-state index contributed by atoms with van der Waals surface area (Å²) in [5, 5.41) is 8.76. The summed E-state index contributed by atoms with van der Waals surface area (Å²) >= 11 is 18.4. The van der Waals surface area contributed by atoms with E-state index in [1.54, 1.807) is 53.4 Å². The van der Waals surface area contributed by atoms with Crippen LogP contribution in [0.5, 0.6) is 0 Å². The molecule has 1 atom stereocenters. The van der Waals surface area contributed by atoms with Crippen LogP contribution < -0.4 is 10.2 Å². The van der Waals surface area contributed by atoms with Crippen molar-refractivity contribution < 1.29 is 9.63 Å². The molecule has 3 aromatic rings. The van der Waals surface area contributed by atoms with E-state index in [4.69, 9.17) is 39.6 Å². The molecule has 0 saturated heterocycles. The van der Waals surface area contributed by atoms with Gasteiger partial charge >= 0.3 is 5.72 Å². The van der Waals surface area contributed by atoms with Crippen molar-refractivity contribution in [2.75, 3.05) is 10.2 Å². The Morgan fingerprint density at radius 2 is 1.62 bits per heavy atom. The van der Waals surface area contributed by atoms with Crippen LogP contribution in [-0.2, 0) is 15.4 Å². The van der Waals surface area contributed by atoms with Crippen LogP contribution in [0, 0.1) is 0 Å². The third kappa shape index (κ3) is 2.77. The number of hydrogen-bond acceptors (Lipinski definition) is 4.